The normalized spacial score (nSPS) is 11.0. The molecule has 0 aliphatic rings. The average molecular weight is 412 g/mol. The van der Waals surface area contributed by atoms with Crippen LogP contribution in [0.5, 0.6) is 6.01 Å². The van der Waals surface area contributed by atoms with E-state index in [-0.39, 0.29) is 30.3 Å². The van der Waals surface area contributed by atoms with Crippen molar-refractivity contribution < 1.29 is 18.7 Å². The van der Waals surface area contributed by atoms with E-state index in [4.69, 9.17) is 9.47 Å². The zero-order valence-corrected chi connectivity index (χ0v) is 17.3. The number of amides is 1. The van der Waals surface area contributed by atoms with E-state index in [0.29, 0.717) is 35.8 Å². The number of aromatic nitrogens is 3. The second-order valence-corrected chi connectivity index (χ2v) is 7.18. The first-order valence-electron chi connectivity index (χ1n) is 9.71. The van der Waals surface area contributed by atoms with Crippen LogP contribution in [0.2, 0.25) is 0 Å². The molecule has 0 saturated heterocycles. The van der Waals surface area contributed by atoms with Gasteiger partial charge in [-0.1, -0.05) is 32.0 Å². The van der Waals surface area contributed by atoms with Crippen molar-refractivity contribution in [1.82, 2.24) is 14.8 Å². The van der Waals surface area contributed by atoms with Gasteiger partial charge in [-0.05, 0) is 36.2 Å². The van der Waals surface area contributed by atoms with E-state index in [2.05, 4.69) is 15.4 Å². The topological polar surface area (TPSA) is 78.3 Å². The third kappa shape index (κ3) is 5.64. The van der Waals surface area contributed by atoms with Gasteiger partial charge in [-0.15, -0.1) is 5.10 Å². The number of nitrogens with one attached hydrogen (secondary N) is 1. The Morgan fingerprint density at radius 3 is 2.70 bits per heavy atom. The van der Waals surface area contributed by atoms with Gasteiger partial charge in [-0.2, -0.15) is 4.98 Å². The molecule has 0 fully saturated rings. The molecule has 0 bridgehead atoms. The van der Waals surface area contributed by atoms with Crippen LogP contribution in [0.15, 0.2) is 48.5 Å². The minimum absolute atomic E-state index is 0.0605. The van der Waals surface area contributed by atoms with Gasteiger partial charge < -0.3 is 14.8 Å². The van der Waals surface area contributed by atoms with Gasteiger partial charge in [0.1, 0.15) is 12.4 Å². The summed E-state index contributed by atoms with van der Waals surface area (Å²) in [7, 11) is 1.58. The average Bonchev–Trinajstić information content (AvgIpc) is 3.12. The van der Waals surface area contributed by atoms with E-state index in [0.717, 1.165) is 0 Å². The van der Waals surface area contributed by atoms with Crippen molar-refractivity contribution in [3.8, 4) is 23.1 Å². The van der Waals surface area contributed by atoms with Crippen LogP contribution in [0.1, 0.15) is 20.3 Å². The molecule has 1 heterocycles. The molecule has 2 aromatic carbocycles. The molecule has 158 valence electrons. The number of carbonyl (C=O) groups is 1. The highest BCUT2D eigenvalue weighted by Gasteiger charge is 2.16. The lowest BCUT2D eigenvalue weighted by Crippen LogP contribution is -2.14. The van der Waals surface area contributed by atoms with Crippen molar-refractivity contribution in [1.29, 1.82) is 0 Å². The Morgan fingerprint density at radius 1 is 1.17 bits per heavy atom. The number of carbonyl (C=O) groups excluding carboxylic acids is 1. The van der Waals surface area contributed by atoms with Crippen LogP contribution in [0.3, 0.4) is 0 Å². The third-order valence-electron chi connectivity index (χ3n) is 4.16. The fraction of sp³-hybridized carbons (Fsp3) is 0.318. The highest BCUT2D eigenvalue weighted by atomic mass is 19.1. The monoisotopic (exact) mass is 412 g/mol. The van der Waals surface area contributed by atoms with Gasteiger partial charge in [-0.3, -0.25) is 4.79 Å². The third-order valence-corrected chi connectivity index (χ3v) is 4.16. The molecule has 1 amide bonds. The molecule has 0 radical (unpaired) electrons. The molecule has 0 aliphatic carbocycles. The molecule has 0 atom stereocenters. The van der Waals surface area contributed by atoms with Crippen molar-refractivity contribution in [3.05, 3.63) is 54.3 Å². The van der Waals surface area contributed by atoms with Gasteiger partial charge in [-0.25, -0.2) is 9.07 Å². The first-order chi connectivity index (χ1) is 14.5. The van der Waals surface area contributed by atoms with Crippen molar-refractivity contribution in [3.63, 3.8) is 0 Å². The van der Waals surface area contributed by atoms with E-state index in [1.807, 2.05) is 26.0 Å². The highest BCUT2D eigenvalue weighted by molar-refractivity contribution is 5.91. The fourth-order valence-electron chi connectivity index (χ4n) is 2.86. The number of methoxy groups -OCH3 is 1. The predicted molar refractivity (Wildman–Crippen MR) is 112 cm³/mol. The Balaban J connectivity index is 1.95. The van der Waals surface area contributed by atoms with Gasteiger partial charge in [0.05, 0.1) is 12.3 Å². The zero-order valence-electron chi connectivity index (χ0n) is 17.3. The van der Waals surface area contributed by atoms with Crippen LogP contribution in [-0.4, -0.2) is 41.0 Å². The van der Waals surface area contributed by atoms with Gasteiger partial charge >= 0.3 is 6.01 Å². The summed E-state index contributed by atoms with van der Waals surface area (Å²) in [6.45, 7) is 4.65. The standard InChI is InChI=1S/C22H25FN4O3/c1-15(2)12-20(28)24-18-8-5-9-19(14-18)27-21(16-6-4-7-17(23)13-16)25-22(26-27)30-11-10-29-3/h4-9,13-15H,10-12H2,1-3H3,(H,24,28). The first-order valence-corrected chi connectivity index (χ1v) is 9.71. The maximum absolute atomic E-state index is 13.8. The molecule has 1 N–H and O–H groups in total. The van der Waals surface area contributed by atoms with Crippen LogP contribution >= 0.6 is 0 Å². The number of hydrogen-bond donors (Lipinski definition) is 1. The van der Waals surface area contributed by atoms with E-state index >= 15 is 0 Å². The number of hydrogen-bond acceptors (Lipinski definition) is 5. The Kier molecular flexibility index (Phi) is 7.13. The molecule has 0 saturated carbocycles. The van der Waals surface area contributed by atoms with Crippen molar-refractivity contribution in [2.24, 2.45) is 5.92 Å². The van der Waals surface area contributed by atoms with Crippen LogP contribution in [0.25, 0.3) is 17.1 Å². The number of benzene rings is 2. The van der Waals surface area contributed by atoms with Gasteiger partial charge in [0.2, 0.25) is 5.91 Å². The summed E-state index contributed by atoms with van der Waals surface area (Å²) in [6, 6.07) is 13.5. The second kappa shape index (κ2) is 9.98. The number of anilines is 1. The number of rotatable bonds is 9. The summed E-state index contributed by atoms with van der Waals surface area (Å²) in [5.41, 5.74) is 1.85. The Hall–Kier alpha value is -3.26. The smallest absolute Gasteiger partial charge is 0.336 e. The maximum atomic E-state index is 13.8. The molecule has 7 nitrogen and oxygen atoms in total. The van der Waals surface area contributed by atoms with Gasteiger partial charge in [0.25, 0.3) is 0 Å². The quantitative estimate of drug-likeness (QED) is 0.536. The highest BCUT2D eigenvalue weighted by Crippen LogP contribution is 2.25. The summed E-state index contributed by atoms with van der Waals surface area (Å²) in [4.78, 5) is 16.5. The zero-order chi connectivity index (χ0) is 21.5. The minimum Gasteiger partial charge on any atom is -0.460 e. The molecule has 30 heavy (non-hydrogen) atoms. The first kappa shape index (κ1) is 21.4. The van der Waals surface area contributed by atoms with Crippen molar-refractivity contribution >= 4 is 11.6 Å². The fourth-order valence-corrected chi connectivity index (χ4v) is 2.86. The van der Waals surface area contributed by atoms with Crippen molar-refractivity contribution in [2.75, 3.05) is 25.6 Å². The van der Waals surface area contributed by atoms with Crippen LogP contribution < -0.4 is 10.1 Å². The minimum atomic E-state index is -0.376. The Bertz CT molecular complexity index is 1000. The van der Waals surface area contributed by atoms with Gasteiger partial charge in [0, 0.05) is 24.8 Å². The summed E-state index contributed by atoms with van der Waals surface area (Å²) in [6.07, 6.45) is 0.430. The molecule has 8 heteroatoms. The van der Waals surface area contributed by atoms with Crippen LogP contribution in [0.4, 0.5) is 10.1 Å². The molecule has 0 aliphatic heterocycles. The Morgan fingerprint density at radius 2 is 1.97 bits per heavy atom. The lowest BCUT2D eigenvalue weighted by Gasteiger charge is -2.10. The molecule has 1 aromatic heterocycles. The Labute approximate surface area is 174 Å². The second-order valence-electron chi connectivity index (χ2n) is 7.18. The molecular weight excluding hydrogens is 387 g/mol. The summed E-state index contributed by atoms with van der Waals surface area (Å²) < 4.78 is 25.9. The molecule has 3 aromatic rings. The number of halogens is 1. The molecule has 0 unspecified atom stereocenters. The summed E-state index contributed by atoms with van der Waals surface area (Å²) >= 11 is 0. The van der Waals surface area contributed by atoms with Crippen LogP contribution in [0, 0.1) is 11.7 Å². The van der Waals surface area contributed by atoms with Gasteiger partial charge in [0.15, 0.2) is 5.82 Å². The molecule has 3 rings (SSSR count). The lowest BCUT2D eigenvalue weighted by molar-refractivity contribution is -0.116. The van der Waals surface area contributed by atoms with E-state index < -0.39 is 0 Å². The van der Waals surface area contributed by atoms with E-state index in [1.54, 1.807) is 36.1 Å². The number of ether oxygens (including phenoxy) is 2. The largest absolute Gasteiger partial charge is 0.460 e. The predicted octanol–water partition coefficient (Wildman–Crippen LogP) is 4.08. The number of nitrogens with zero attached hydrogens (tertiary/aromatic N) is 3. The van der Waals surface area contributed by atoms with E-state index in [1.165, 1.54) is 12.1 Å². The summed E-state index contributed by atoms with van der Waals surface area (Å²) in [5.74, 6) is 0.246. The molecule has 0 spiro atoms. The summed E-state index contributed by atoms with van der Waals surface area (Å²) in [5, 5.41) is 7.31. The maximum Gasteiger partial charge on any atom is 0.336 e. The lowest BCUT2D eigenvalue weighted by atomic mass is 10.1. The van der Waals surface area contributed by atoms with Crippen LogP contribution in [-0.2, 0) is 9.53 Å². The molecular formula is C22H25FN4O3. The SMILES string of the molecule is COCCOc1nc(-c2cccc(F)c2)n(-c2cccc(NC(=O)CC(C)C)c2)n1. The van der Waals surface area contributed by atoms with Crippen molar-refractivity contribution in [2.45, 2.75) is 20.3 Å². The van der Waals surface area contributed by atoms with E-state index in [9.17, 15) is 9.18 Å².